The van der Waals surface area contributed by atoms with E-state index in [0.29, 0.717) is 23.5 Å². The second-order valence-electron chi connectivity index (χ2n) is 7.28. The number of hydrogen-bond donors (Lipinski definition) is 1. The summed E-state index contributed by atoms with van der Waals surface area (Å²) >= 11 is 0. The molecule has 0 unspecified atom stereocenters. The van der Waals surface area contributed by atoms with Crippen molar-refractivity contribution < 1.29 is 14.3 Å². The number of carbonyl (C=O) groups excluding carboxylic acids is 2. The molecule has 30 heavy (non-hydrogen) atoms. The van der Waals surface area contributed by atoms with E-state index in [9.17, 15) is 9.59 Å². The van der Waals surface area contributed by atoms with Crippen molar-refractivity contribution >= 4 is 17.6 Å². The predicted octanol–water partition coefficient (Wildman–Crippen LogP) is 4.06. The molecular formula is C23H26N4O3. The van der Waals surface area contributed by atoms with Gasteiger partial charge in [0.05, 0.1) is 11.9 Å². The summed E-state index contributed by atoms with van der Waals surface area (Å²) in [4.78, 5) is 29.3. The van der Waals surface area contributed by atoms with Crippen LogP contribution in [0.25, 0.3) is 5.82 Å². The Hall–Kier alpha value is -3.48. The van der Waals surface area contributed by atoms with Crippen molar-refractivity contribution in [2.45, 2.75) is 40.0 Å². The van der Waals surface area contributed by atoms with Gasteiger partial charge in [-0.3, -0.25) is 4.79 Å². The van der Waals surface area contributed by atoms with E-state index < -0.39 is 5.97 Å². The maximum absolute atomic E-state index is 12.6. The molecule has 0 aliphatic carbocycles. The third-order valence-electron chi connectivity index (χ3n) is 4.82. The molecular weight excluding hydrogens is 380 g/mol. The molecule has 0 atom stereocenters. The van der Waals surface area contributed by atoms with Gasteiger partial charge in [0.2, 0.25) is 0 Å². The summed E-state index contributed by atoms with van der Waals surface area (Å²) in [5, 5.41) is 7.15. The number of nitrogens with zero attached hydrogens (tertiary/aromatic N) is 3. The fourth-order valence-corrected chi connectivity index (χ4v) is 3.29. The number of amides is 1. The van der Waals surface area contributed by atoms with Gasteiger partial charge in [-0.25, -0.2) is 14.5 Å². The fourth-order valence-electron chi connectivity index (χ4n) is 3.29. The summed E-state index contributed by atoms with van der Waals surface area (Å²) in [5.41, 5.74) is 3.78. The molecule has 0 aliphatic rings. The molecule has 2 aromatic heterocycles. The number of benzene rings is 1. The Morgan fingerprint density at radius 2 is 1.97 bits per heavy atom. The van der Waals surface area contributed by atoms with Crippen LogP contribution in [0.2, 0.25) is 0 Å². The third-order valence-corrected chi connectivity index (χ3v) is 4.82. The number of carbonyl (C=O) groups is 2. The Morgan fingerprint density at radius 3 is 2.63 bits per heavy atom. The normalized spacial score (nSPS) is 10.8. The number of nitrogens with one attached hydrogen (secondary N) is 1. The van der Waals surface area contributed by atoms with E-state index in [1.165, 1.54) is 6.20 Å². The van der Waals surface area contributed by atoms with Crippen LogP contribution in [-0.2, 0) is 16.0 Å². The van der Waals surface area contributed by atoms with Gasteiger partial charge in [0, 0.05) is 11.9 Å². The van der Waals surface area contributed by atoms with Crippen molar-refractivity contribution in [3.05, 3.63) is 71.2 Å². The Morgan fingerprint density at radius 1 is 1.17 bits per heavy atom. The minimum Gasteiger partial charge on any atom is -0.452 e. The molecule has 1 amide bonds. The number of ether oxygens (including phenoxy) is 1. The first kappa shape index (κ1) is 21.2. The summed E-state index contributed by atoms with van der Waals surface area (Å²) in [6, 6.07) is 11.4. The summed E-state index contributed by atoms with van der Waals surface area (Å²) in [6.45, 7) is 7.62. The van der Waals surface area contributed by atoms with Crippen LogP contribution in [0.3, 0.4) is 0 Å². The summed E-state index contributed by atoms with van der Waals surface area (Å²) in [7, 11) is 0. The molecule has 0 aliphatic heterocycles. The molecule has 2 heterocycles. The number of rotatable bonds is 7. The molecule has 1 N–H and O–H groups in total. The van der Waals surface area contributed by atoms with Crippen LogP contribution in [0.5, 0.6) is 0 Å². The lowest BCUT2D eigenvalue weighted by atomic mass is 9.98. The fraction of sp³-hybridized carbons (Fsp3) is 0.304. The van der Waals surface area contributed by atoms with Gasteiger partial charge in [0.15, 0.2) is 12.4 Å². The van der Waals surface area contributed by atoms with Crippen LogP contribution in [0, 0.1) is 6.92 Å². The second kappa shape index (κ2) is 9.35. The van der Waals surface area contributed by atoms with E-state index in [1.807, 2.05) is 50.2 Å². The molecule has 1 aromatic carbocycles. The topological polar surface area (TPSA) is 86.1 Å². The third kappa shape index (κ3) is 4.56. The molecule has 3 rings (SSSR count). The van der Waals surface area contributed by atoms with E-state index in [0.717, 1.165) is 16.8 Å². The molecule has 0 radical (unpaired) electrons. The Balaban J connectivity index is 1.70. The predicted molar refractivity (Wildman–Crippen MR) is 115 cm³/mol. The van der Waals surface area contributed by atoms with Crippen LogP contribution in [0.1, 0.15) is 53.9 Å². The maximum Gasteiger partial charge on any atom is 0.342 e. The highest BCUT2D eigenvalue weighted by molar-refractivity contribution is 5.96. The van der Waals surface area contributed by atoms with E-state index in [4.69, 9.17) is 4.74 Å². The van der Waals surface area contributed by atoms with E-state index in [-0.39, 0.29) is 18.4 Å². The zero-order valence-corrected chi connectivity index (χ0v) is 17.7. The molecule has 156 valence electrons. The highest BCUT2D eigenvalue weighted by Gasteiger charge is 2.20. The summed E-state index contributed by atoms with van der Waals surface area (Å²) < 4.78 is 6.88. The van der Waals surface area contributed by atoms with Gasteiger partial charge in [-0.1, -0.05) is 45.0 Å². The number of aryl methyl sites for hydroxylation is 1. The zero-order valence-electron chi connectivity index (χ0n) is 17.7. The van der Waals surface area contributed by atoms with Gasteiger partial charge in [0.1, 0.15) is 5.56 Å². The van der Waals surface area contributed by atoms with Crippen LogP contribution in [0.15, 0.2) is 48.8 Å². The molecule has 0 spiro atoms. The van der Waals surface area contributed by atoms with Crippen LogP contribution in [0.4, 0.5) is 5.69 Å². The average molecular weight is 406 g/mol. The van der Waals surface area contributed by atoms with Crippen molar-refractivity contribution in [1.29, 1.82) is 0 Å². The second-order valence-corrected chi connectivity index (χ2v) is 7.28. The van der Waals surface area contributed by atoms with Gasteiger partial charge in [-0.2, -0.15) is 5.10 Å². The van der Waals surface area contributed by atoms with Crippen LogP contribution < -0.4 is 5.32 Å². The summed E-state index contributed by atoms with van der Waals surface area (Å²) in [5.74, 6) is -0.0908. The molecule has 7 heteroatoms. The lowest BCUT2D eigenvalue weighted by molar-refractivity contribution is -0.119. The Bertz CT molecular complexity index is 1040. The zero-order chi connectivity index (χ0) is 21.7. The van der Waals surface area contributed by atoms with Gasteiger partial charge >= 0.3 is 5.97 Å². The molecule has 0 bridgehead atoms. The van der Waals surface area contributed by atoms with Crippen LogP contribution in [-0.4, -0.2) is 33.2 Å². The standard InChI is InChI=1S/C23H26N4O3/c1-5-19-18(13-25-27(19)20-11-6-7-12-24-20)23(29)30-14-21(28)26-22-16(4)9-8-10-17(22)15(2)3/h6-13,15H,5,14H2,1-4H3,(H,26,28). The van der Waals surface area contributed by atoms with Crippen LogP contribution >= 0.6 is 0 Å². The maximum atomic E-state index is 12.6. The quantitative estimate of drug-likeness (QED) is 0.598. The van der Waals surface area contributed by atoms with Crippen molar-refractivity contribution in [3.63, 3.8) is 0 Å². The lowest BCUT2D eigenvalue weighted by Gasteiger charge is -2.16. The highest BCUT2D eigenvalue weighted by atomic mass is 16.5. The lowest BCUT2D eigenvalue weighted by Crippen LogP contribution is -2.22. The largest absolute Gasteiger partial charge is 0.452 e. The first-order chi connectivity index (χ1) is 14.4. The highest BCUT2D eigenvalue weighted by Crippen LogP contribution is 2.27. The van der Waals surface area contributed by atoms with Crippen molar-refractivity contribution in [1.82, 2.24) is 14.8 Å². The molecule has 3 aromatic rings. The number of para-hydroxylation sites is 1. The number of pyridine rings is 1. The van der Waals surface area contributed by atoms with E-state index >= 15 is 0 Å². The molecule has 0 saturated heterocycles. The molecule has 0 saturated carbocycles. The van der Waals surface area contributed by atoms with Crippen molar-refractivity contribution in [3.8, 4) is 5.82 Å². The van der Waals surface area contributed by atoms with Gasteiger partial charge < -0.3 is 10.1 Å². The first-order valence-corrected chi connectivity index (χ1v) is 9.97. The van der Waals surface area contributed by atoms with E-state index in [1.54, 1.807) is 10.9 Å². The van der Waals surface area contributed by atoms with Crippen molar-refractivity contribution in [2.24, 2.45) is 0 Å². The Labute approximate surface area is 176 Å². The van der Waals surface area contributed by atoms with Gasteiger partial charge in [0.25, 0.3) is 5.91 Å². The number of esters is 1. The molecule has 0 fully saturated rings. The van der Waals surface area contributed by atoms with Gasteiger partial charge in [-0.05, 0) is 42.5 Å². The molecule has 7 nitrogen and oxygen atoms in total. The monoisotopic (exact) mass is 406 g/mol. The minimum atomic E-state index is -0.585. The van der Waals surface area contributed by atoms with Crippen molar-refractivity contribution in [2.75, 3.05) is 11.9 Å². The van der Waals surface area contributed by atoms with E-state index in [2.05, 4.69) is 29.2 Å². The summed E-state index contributed by atoms with van der Waals surface area (Å²) in [6.07, 6.45) is 3.68. The van der Waals surface area contributed by atoms with Gasteiger partial charge in [-0.15, -0.1) is 0 Å². The smallest absolute Gasteiger partial charge is 0.342 e. The number of anilines is 1. The number of aromatic nitrogens is 3. The number of hydrogen-bond acceptors (Lipinski definition) is 5. The average Bonchev–Trinajstić information content (AvgIpc) is 3.18. The first-order valence-electron chi connectivity index (χ1n) is 9.97. The SMILES string of the molecule is CCc1c(C(=O)OCC(=O)Nc2c(C)cccc2C(C)C)cnn1-c1ccccn1. The Kier molecular flexibility index (Phi) is 6.61. The minimum absolute atomic E-state index is 0.257.